The maximum absolute atomic E-state index is 12.1. The molecule has 31 heavy (non-hydrogen) atoms. The second-order valence-corrected chi connectivity index (χ2v) is 8.43. The van der Waals surface area contributed by atoms with Gasteiger partial charge in [-0.05, 0) is 49.4 Å². The highest BCUT2D eigenvalue weighted by atomic mass is 16.5. The Morgan fingerprint density at radius 1 is 1.23 bits per heavy atom. The SMILES string of the molecule is COc1ccc(CN2CCc3nnc(CCNC(=O)[C@@H]4CCCO4)n3CC2)c(C)c1C. The monoisotopic (exact) mass is 427 g/mol. The highest BCUT2D eigenvalue weighted by Gasteiger charge is 2.24. The van der Waals surface area contributed by atoms with E-state index in [1.807, 2.05) is 0 Å². The van der Waals surface area contributed by atoms with E-state index < -0.39 is 0 Å². The third-order valence-electron chi connectivity index (χ3n) is 6.53. The molecule has 0 saturated carbocycles. The van der Waals surface area contributed by atoms with Crippen LogP contribution in [0.5, 0.6) is 5.75 Å². The third kappa shape index (κ3) is 4.91. The molecule has 1 N–H and O–H groups in total. The summed E-state index contributed by atoms with van der Waals surface area (Å²) in [5.41, 5.74) is 3.85. The Kier molecular flexibility index (Phi) is 6.87. The Morgan fingerprint density at radius 3 is 2.87 bits per heavy atom. The summed E-state index contributed by atoms with van der Waals surface area (Å²) in [4.78, 5) is 14.6. The highest BCUT2D eigenvalue weighted by Crippen LogP contribution is 2.25. The Bertz CT molecular complexity index is 920. The summed E-state index contributed by atoms with van der Waals surface area (Å²) in [6.07, 6.45) is 3.05. The smallest absolute Gasteiger partial charge is 0.249 e. The van der Waals surface area contributed by atoms with Crippen LogP contribution >= 0.6 is 0 Å². The third-order valence-corrected chi connectivity index (χ3v) is 6.53. The lowest BCUT2D eigenvalue weighted by molar-refractivity contribution is -0.130. The topological polar surface area (TPSA) is 81.5 Å². The Morgan fingerprint density at radius 2 is 2.10 bits per heavy atom. The van der Waals surface area contributed by atoms with Crippen molar-refractivity contribution in [2.75, 3.05) is 33.4 Å². The normalized spacial score (nSPS) is 19.1. The molecule has 2 aromatic rings. The van der Waals surface area contributed by atoms with Crippen molar-refractivity contribution >= 4 is 5.91 Å². The average Bonchev–Trinajstić information content (AvgIpc) is 3.40. The molecular weight excluding hydrogens is 394 g/mol. The summed E-state index contributed by atoms with van der Waals surface area (Å²) >= 11 is 0. The van der Waals surface area contributed by atoms with Gasteiger partial charge in [-0.2, -0.15) is 0 Å². The van der Waals surface area contributed by atoms with Gasteiger partial charge in [0.1, 0.15) is 23.5 Å². The van der Waals surface area contributed by atoms with Gasteiger partial charge in [-0.1, -0.05) is 6.07 Å². The van der Waals surface area contributed by atoms with Crippen molar-refractivity contribution in [1.82, 2.24) is 25.0 Å². The summed E-state index contributed by atoms with van der Waals surface area (Å²) in [6.45, 7) is 9.22. The molecule has 8 nitrogen and oxygen atoms in total. The average molecular weight is 428 g/mol. The molecule has 1 amide bonds. The van der Waals surface area contributed by atoms with E-state index in [4.69, 9.17) is 9.47 Å². The van der Waals surface area contributed by atoms with Crippen molar-refractivity contribution in [3.63, 3.8) is 0 Å². The van der Waals surface area contributed by atoms with Gasteiger partial charge in [-0.15, -0.1) is 10.2 Å². The highest BCUT2D eigenvalue weighted by molar-refractivity contribution is 5.80. The molecule has 4 rings (SSSR count). The molecule has 2 aliphatic rings. The maximum atomic E-state index is 12.1. The van der Waals surface area contributed by atoms with Crippen molar-refractivity contribution in [2.24, 2.45) is 0 Å². The lowest BCUT2D eigenvalue weighted by atomic mass is 10.0. The number of nitrogens with one attached hydrogen (secondary N) is 1. The van der Waals surface area contributed by atoms with E-state index in [9.17, 15) is 4.79 Å². The predicted octanol–water partition coefficient (Wildman–Crippen LogP) is 1.80. The maximum Gasteiger partial charge on any atom is 0.249 e. The molecule has 1 fully saturated rings. The molecule has 0 radical (unpaired) electrons. The van der Waals surface area contributed by atoms with Gasteiger partial charge in [0, 0.05) is 52.2 Å². The Hall–Kier alpha value is -2.45. The van der Waals surface area contributed by atoms with Crippen molar-refractivity contribution in [3.8, 4) is 5.75 Å². The second-order valence-electron chi connectivity index (χ2n) is 8.43. The van der Waals surface area contributed by atoms with Gasteiger partial charge in [0.15, 0.2) is 0 Å². The first-order valence-electron chi connectivity index (χ1n) is 11.2. The zero-order valence-corrected chi connectivity index (χ0v) is 18.8. The quantitative estimate of drug-likeness (QED) is 0.726. The number of amides is 1. The molecule has 0 aliphatic carbocycles. The minimum Gasteiger partial charge on any atom is -0.496 e. The fourth-order valence-electron chi connectivity index (χ4n) is 4.45. The van der Waals surface area contributed by atoms with Gasteiger partial charge in [0.25, 0.3) is 0 Å². The number of aromatic nitrogens is 3. The summed E-state index contributed by atoms with van der Waals surface area (Å²) < 4.78 is 13.1. The Labute approximate surface area is 183 Å². The van der Waals surface area contributed by atoms with Crippen LogP contribution in [0, 0.1) is 13.8 Å². The first-order valence-corrected chi connectivity index (χ1v) is 11.2. The van der Waals surface area contributed by atoms with Crippen molar-refractivity contribution in [3.05, 3.63) is 40.5 Å². The van der Waals surface area contributed by atoms with Crippen LogP contribution in [0.4, 0.5) is 0 Å². The molecule has 0 bridgehead atoms. The number of fused-ring (bicyclic) bond motifs is 1. The number of benzene rings is 1. The molecular formula is C23H33N5O3. The predicted molar refractivity (Wildman–Crippen MR) is 117 cm³/mol. The van der Waals surface area contributed by atoms with Crippen LogP contribution in [-0.2, 0) is 35.5 Å². The summed E-state index contributed by atoms with van der Waals surface area (Å²) in [5, 5.41) is 11.8. The standard InChI is InChI=1S/C23H33N5O3/c1-16-17(2)19(30-3)7-6-18(16)15-27-11-9-22-26-25-21(28(22)13-12-27)8-10-24-23(29)20-5-4-14-31-20/h6-7,20H,4-5,8-15H2,1-3H3,(H,24,29)/t20-/m0/s1. The lowest BCUT2D eigenvalue weighted by Gasteiger charge is -2.22. The molecule has 0 unspecified atom stereocenters. The van der Waals surface area contributed by atoms with Crippen LogP contribution < -0.4 is 10.1 Å². The van der Waals surface area contributed by atoms with Crippen molar-refractivity contribution in [1.29, 1.82) is 0 Å². The molecule has 2 aliphatic heterocycles. The first-order chi connectivity index (χ1) is 15.1. The number of methoxy groups -OCH3 is 1. The van der Waals surface area contributed by atoms with Crippen LogP contribution in [0.1, 0.15) is 41.2 Å². The first kappa shape index (κ1) is 21.8. The fourth-order valence-corrected chi connectivity index (χ4v) is 4.45. The summed E-state index contributed by atoms with van der Waals surface area (Å²) in [5.74, 6) is 2.91. The zero-order valence-electron chi connectivity index (χ0n) is 18.8. The van der Waals surface area contributed by atoms with Crippen molar-refractivity contribution in [2.45, 2.75) is 58.7 Å². The van der Waals surface area contributed by atoms with Crippen molar-refractivity contribution < 1.29 is 14.3 Å². The number of carbonyl (C=O) groups is 1. The minimum absolute atomic E-state index is 0.00978. The molecule has 1 aromatic heterocycles. The number of hydrogen-bond donors (Lipinski definition) is 1. The van der Waals surface area contributed by atoms with E-state index in [1.54, 1.807) is 7.11 Å². The second kappa shape index (κ2) is 9.78. The van der Waals surface area contributed by atoms with Crippen LogP contribution in [0.25, 0.3) is 0 Å². The molecule has 1 atom stereocenters. The van der Waals surface area contributed by atoms with Crippen LogP contribution in [-0.4, -0.2) is 65.0 Å². The van der Waals surface area contributed by atoms with E-state index in [0.29, 0.717) is 19.6 Å². The summed E-state index contributed by atoms with van der Waals surface area (Å²) in [6, 6.07) is 4.24. The van der Waals surface area contributed by atoms with E-state index >= 15 is 0 Å². The van der Waals surface area contributed by atoms with E-state index in [2.05, 4.69) is 51.0 Å². The number of hydrogen-bond acceptors (Lipinski definition) is 6. The van der Waals surface area contributed by atoms with Gasteiger partial charge in [-0.3, -0.25) is 9.69 Å². The fraction of sp³-hybridized carbons (Fsp3) is 0.609. The number of nitrogens with zero attached hydrogens (tertiary/aromatic N) is 4. The Balaban J connectivity index is 1.33. The van der Waals surface area contributed by atoms with E-state index in [0.717, 1.165) is 62.8 Å². The van der Waals surface area contributed by atoms with Gasteiger partial charge < -0.3 is 19.4 Å². The molecule has 168 valence electrons. The molecule has 3 heterocycles. The van der Waals surface area contributed by atoms with Crippen LogP contribution in [0.15, 0.2) is 12.1 Å². The summed E-state index contributed by atoms with van der Waals surface area (Å²) in [7, 11) is 1.72. The number of rotatable bonds is 7. The van der Waals surface area contributed by atoms with E-state index in [-0.39, 0.29) is 12.0 Å². The van der Waals surface area contributed by atoms with Crippen LogP contribution in [0.2, 0.25) is 0 Å². The van der Waals surface area contributed by atoms with Gasteiger partial charge in [0.05, 0.1) is 7.11 Å². The van der Waals surface area contributed by atoms with Gasteiger partial charge >= 0.3 is 0 Å². The van der Waals surface area contributed by atoms with Gasteiger partial charge in [-0.25, -0.2) is 0 Å². The lowest BCUT2D eigenvalue weighted by Crippen LogP contribution is -2.35. The molecule has 1 aromatic carbocycles. The number of ether oxygens (including phenoxy) is 2. The van der Waals surface area contributed by atoms with Gasteiger partial charge in [0.2, 0.25) is 5.91 Å². The zero-order chi connectivity index (χ0) is 21.8. The molecule has 8 heteroatoms. The molecule has 1 saturated heterocycles. The van der Waals surface area contributed by atoms with E-state index in [1.165, 1.54) is 16.7 Å². The number of carbonyl (C=O) groups excluding carboxylic acids is 1. The minimum atomic E-state index is -0.283. The molecule has 0 spiro atoms. The largest absolute Gasteiger partial charge is 0.496 e. The van der Waals surface area contributed by atoms with Crippen LogP contribution in [0.3, 0.4) is 0 Å².